The molecule has 3 N–H and O–H groups in total. The van der Waals surface area contributed by atoms with Crippen LogP contribution >= 0.6 is 0 Å². The molecule has 17 heavy (non-hydrogen) atoms. The molecule has 3 nitrogen and oxygen atoms in total. The molecule has 1 aromatic carbocycles. The molecule has 0 spiro atoms. The quantitative estimate of drug-likeness (QED) is 0.753. The summed E-state index contributed by atoms with van der Waals surface area (Å²) in [6, 6.07) is 7.43. The number of aliphatic hydroxyl groups excluding tert-OH is 1. The minimum Gasteiger partial charge on any atom is -0.508 e. The fraction of sp³-hybridized carbons (Fsp3) is 0.571. The number of phenolic OH excluding ortho intramolecular Hbond substituents is 1. The largest absolute Gasteiger partial charge is 0.508 e. The average molecular weight is 235 g/mol. The molecule has 0 heterocycles. The summed E-state index contributed by atoms with van der Waals surface area (Å²) < 4.78 is 0. The van der Waals surface area contributed by atoms with Gasteiger partial charge in [0.25, 0.3) is 0 Å². The molecule has 0 aliphatic heterocycles. The van der Waals surface area contributed by atoms with Crippen molar-refractivity contribution < 1.29 is 10.2 Å². The summed E-state index contributed by atoms with van der Waals surface area (Å²) in [6.45, 7) is 0. The van der Waals surface area contributed by atoms with Gasteiger partial charge in [0.1, 0.15) is 5.75 Å². The van der Waals surface area contributed by atoms with Crippen LogP contribution in [0.15, 0.2) is 24.3 Å². The van der Waals surface area contributed by atoms with Gasteiger partial charge in [-0.15, -0.1) is 0 Å². The lowest BCUT2D eigenvalue weighted by Gasteiger charge is -2.34. The van der Waals surface area contributed by atoms with Crippen LogP contribution in [0.3, 0.4) is 0 Å². The lowest BCUT2D eigenvalue weighted by atomic mass is 9.79. The van der Waals surface area contributed by atoms with E-state index >= 15 is 0 Å². The van der Waals surface area contributed by atoms with Crippen molar-refractivity contribution in [3.05, 3.63) is 29.8 Å². The zero-order valence-electron chi connectivity index (χ0n) is 10.3. The average Bonchev–Trinajstić information content (AvgIpc) is 2.33. The first-order valence-electron chi connectivity index (χ1n) is 6.36. The smallest absolute Gasteiger partial charge is 0.115 e. The first-order valence-corrected chi connectivity index (χ1v) is 6.36. The van der Waals surface area contributed by atoms with Crippen LogP contribution in [0.25, 0.3) is 0 Å². The SMILES string of the molecule is CNC(c1cccc(O)c1)[C@@H]1CCCC[C@H]1O. The topological polar surface area (TPSA) is 52.5 Å². The first-order chi connectivity index (χ1) is 8.22. The van der Waals surface area contributed by atoms with Gasteiger partial charge in [0.15, 0.2) is 0 Å². The molecule has 0 bridgehead atoms. The van der Waals surface area contributed by atoms with Gasteiger partial charge < -0.3 is 15.5 Å². The zero-order chi connectivity index (χ0) is 12.3. The Labute approximate surface area is 102 Å². The predicted molar refractivity (Wildman–Crippen MR) is 67.9 cm³/mol. The fourth-order valence-corrected chi connectivity index (χ4v) is 2.87. The van der Waals surface area contributed by atoms with Crippen molar-refractivity contribution in [1.29, 1.82) is 0 Å². The van der Waals surface area contributed by atoms with E-state index in [4.69, 9.17) is 0 Å². The summed E-state index contributed by atoms with van der Waals surface area (Å²) in [4.78, 5) is 0. The van der Waals surface area contributed by atoms with Crippen molar-refractivity contribution in [2.45, 2.75) is 37.8 Å². The van der Waals surface area contributed by atoms with Crippen LogP contribution in [0.2, 0.25) is 0 Å². The van der Waals surface area contributed by atoms with Crippen LogP contribution in [0.4, 0.5) is 0 Å². The second kappa shape index (κ2) is 5.52. The summed E-state index contributed by atoms with van der Waals surface area (Å²) in [5, 5.41) is 22.9. The number of aliphatic hydroxyl groups is 1. The lowest BCUT2D eigenvalue weighted by Crippen LogP contribution is -2.35. The Hall–Kier alpha value is -1.06. The van der Waals surface area contributed by atoms with E-state index in [0.29, 0.717) is 0 Å². The van der Waals surface area contributed by atoms with Crippen LogP contribution in [0.1, 0.15) is 37.3 Å². The summed E-state index contributed by atoms with van der Waals surface area (Å²) in [7, 11) is 1.91. The van der Waals surface area contributed by atoms with E-state index in [1.54, 1.807) is 12.1 Å². The van der Waals surface area contributed by atoms with E-state index in [2.05, 4.69) is 5.32 Å². The molecule has 1 fully saturated rings. The zero-order valence-corrected chi connectivity index (χ0v) is 10.3. The van der Waals surface area contributed by atoms with Crippen molar-refractivity contribution in [1.82, 2.24) is 5.32 Å². The summed E-state index contributed by atoms with van der Waals surface area (Å²) in [6.07, 6.45) is 4.00. The number of hydrogen-bond donors (Lipinski definition) is 3. The highest BCUT2D eigenvalue weighted by molar-refractivity contribution is 5.30. The molecule has 1 saturated carbocycles. The van der Waals surface area contributed by atoms with Crippen LogP contribution in [0.5, 0.6) is 5.75 Å². The van der Waals surface area contributed by atoms with Gasteiger partial charge in [-0.25, -0.2) is 0 Å². The van der Waals surface area contributed by atoms with E-state index in [1.807, 2.05) is 19.2 Å². The predicted octanol–water partition coefficient (Wildman–Crippen LogP) is 2.20. The highest BCUT2D eigenvalue weighted by Gasteiger charge is 2.30. The molecule has 2 rings (SSSR count). The molecule has 0 amide bonds. The number of benzene rings is 1. The van der Waals surface area contributed by atoms with E-state index in [1.165, 1.54) is 6.42 Å². The fourth-order valence-electron chi connectivity index (χ4n) is 2.87. The number of rotatable bonds is 3. The number of aromatic hydroxyl groups is 1. The standard InChI is InChI=1S/C14H21NO2/c1-15-14(10-5-4-6-11(16)9-10)12-7-2-3-8-13(12)17/h4-6,9,12-17H,2-3,7-8H2,1H3/t12-,13-,14?/m1/s1. The van der Waals surface area contributed by atoms with Crippen molar-refractivity contribution >= 4 is 0 Å². The molecule has 1 aromatic rings. The second-order valence-electron chi connectivity index (χ2n) is 4.88. The van der Waals surface area contributed by atoms with Gasteiger partial charge in [0, 0.05) is 12.0 Å². The molecule has 1 unspecified atom stereocenters. The first kappa shape index (κ1) is 12.4. The summed E-state index contributed by atoms with van der Waals surface area (Å²) >= 11 is 0. The Morgan fingerprint density at radius 1 is 1.29 bits per heavy atom. The van der Waals surface area contributed by atoms with Crippen molar-refractivity contribution in [2.75, 3.05) is 7.05 Å². The summed E-state index contributed by atoms with van der Waals surface area (Å²) in [5.41, 5.74) is 1.05. The molecule has 1 aliphatic carbocycles. The molecule has 0 saturated heterocycles. The maximum atomic E-state index is 10.1. The Kier molecular flexibility index (Phi) is 4.02. The molecular weight excluding hydrogens is 214 g/mol. The molecule has 0 aromatic heterocycles. The number of phenols is 1. The number of hydrogen-bond acceptors (Lipinski definition) is 3. The third-order valence-electron chi connectivity index (χ3n) is 3.75. The van der Waals surface area contributed by atoms with Crippen LogP contribution < -0.4 is 5.32 Å². The van der Waals surface area contributed by atoms with E-state index in [0.717, 1.165) is 24.8 Å². The maximum Gasteiger partial charge on any atom is 0.115 e. The van der Waals surface area contributed by atoms with Gasteiger partial charge >= 0.3 is 0 Å². The maximum absolute atomic E-state index is 10.1. The van der Waals surface area contributed by atoms with Gasteiger partial charge in [-0.2, -0.15) is 0 Å². The van der Waals surface area contributed by atoms with Crippen LogP contribution in [-0.2, 0) is 0 Å². The molecule has 1 aliphatic rings. The Bertz CT molecular complexity index is 367. The van der Waals surface area contributed by atoms with Crippen molar-refractivity contribution in [3.8, 4) is 5.75 Å². The normalized spacial score (nSPS) is 26.7. The Balaban J connectivity index is 2.20. The van der Waals surface area contributed by atoms with E-state index < -0.39 is 0 Å². The highest BCUT2D eigenvalue weighted by atomic mass is 16.3. The van der Waals surface area contributed by atoms with Crippen LogP contribution in [-0.4, -0.2) is 23.4 Å². The van der Waals surface area contributed by atoms with E-state index in [9.17, 15) is 10.2 Å². The van der Waals surface area contributed by atoms with Gasteiger partial charge in [-0.3, -0.25) is 0 Å². The third kappa shape index (κ3) is 2.79. The van der Waals surface area contributed by atoms with Gasteiger partial charge in [-0.1, -0.05) is 25.0 Å². The molecule has 0 radical (unpaired) electrons. The Morgan fingerprint density at radius 2 is 2.06 bits per heavy atom. The minimum atomic E-state index is -0.233. The molecule has 3 atom stereocenters. The molecular formula is C14H21NO2. The number of nitrogens with one attached hydrogen (secondary N) is 1. The van der Waals surface area contributed by atoms with E-state index in [-0.39, 0.29) is 23.8 Å². The van der Waals surface area contributed by atoms with Crippen LogP contribution in [0, 0.1) is 5.92 Å². The molecule has 94 valence electrons. The van der Waals surface area contributed by atoms with Gasteiger partial charge in [0.2, 0.25) is 0 Å². The van der Waals surface area contributed by atoms with Gasteiger partial charge in [-0.05, 0) is 37.6 Å². The second-order valence-corrected chi connectivity index (χ2v) is 4.88. The van der Waals surface area contributed by atoms with Crippen molar-refractivity contribution in [2.24, 2.45) is 5.92 Å². The highest BCUT2D eigenvalue weighted by Crippen LogP contribution is 2.35. The monoisotopic (exact) mass is 235 g/mol. The Morgan fingerprint density at radius 3 is 2.71 bits per heavy atom. The van der Waals surface area contributed by atoms with Gasteiger partial charge in [0.05, 0.1) is 6.10 Å². The third-order valence-corrected chi connectivity index (χ3v) is 3.75. The minimum absolute atomic E-state index is 0.123. The molecule has 3 heteroatoms. The lowest BCUT2D eigenvalue weighted by molar-refractivity contribution is 0.0494. The van der Waals surface area contributed by atoms with Crippen molar-refractivity contribution in [3.63, 3.8) is 0 Å². The summed E-state index contributed by atoms with van der Waals surface area (Å²) in [5.74, 6) is 0.531.